The number of amides is 1. The molecule has 0 unspecified atom stereocenters. The Labute approximate surface area is 206 Å². The second-order valence-corrected chi connectivity index (χ2v) is 8.61. The third-order valence-corrected chi connectivity index (χ3v) is 6.11. The summed E-state index contributed by atoms with van der Waals surface area (Å²) in [6.45, 7) is 1.98. The van der Waals surface area contributed by atoms with Crippen molar-refractivity contribution in [2.75, 3.05) is 5.32 Å². The first kappa shape index (κ1) is 21.7. The first-order valence-electron chi connectivity index (χ1n) is 11.8. The van der Waals surface area contributed by atoms with Gasteiger partial charge in [0.25, 0.3) is 0 Å². The highest BCUT2D eigenvalue weighted by atomic mass is 16.1. The minimum Gasteiger partial charge on any atom is -0.353 e. The van der Waals surface area contributed by atoms with Crippen molar-refractivity contribution in [1.82, 2.24) is 30.1 Å². The molecule has 0 atom stereocenters. The van der Waals surface area contributed by atoms with E-state index >= 15 is 0 Å². The average molecular weight is 474 g/mol. The summed E-state index contributed by atoms with van der Waals surface area (Å²) < 4.78 is 0. The number of benzene rings is 1. The number of H-pyrrole nitrogens is 2. The van der Waals surface area contributed by atoms with Gasteiger partial charge in [-0.2, -0.15) is 5.10 Å². The predicted molar refractivity (Wildman–Crippen MR) is 141 cm³/mol. The van der Waals surface area contributed by atoms with Gasteiger partial charge in [0.05, 0.1) is 28.8 Å². The Hall–Kier alpha value is -4.85. The number of aromatic nitrogens is 6. The first-order chi connectivity index (χ1) is 17.7. The fraction of sp³-hybridized carbons (Fsp3) is 0.107. The van der Waals surface area contributed by atoms with Crippen LogP contribution in [0.25, 0.3) is 55.7 Å². The molecule has 0 saturated carbocycles. The summed E-state index contributed by atoms with van der Waals surface area (Å²) >= 11 is 0. The van der Waals surface area contributed by atoms with Crippen molar-refractivity contribution >= 4 is 33.5 Å². The van der Waals surface area contributed by atoms with E-state index in [1.54, 1.807) is 24.8 Å². The van der Waals surface area contributed by atoms with Crippen LogP contribution in [-0.2, 0) is 4.79 Å². The van der Waals surface area contributed by atoms with E-state index in [2.05, 4.69) is 48.7 Å². The van der Waals surface area contributed by atoms with Crippen molar-refractivity contribution in [1.29, 1.82) is 0 Å². The highest BCUT2D eigenvalue weighted by Gasteiger charge is 2.15. The number of hydrogen-bond donors (Lipinski definition) is 3. The summed E-state index contributed by atoms with van der Waals surface area (Å²) in [6.07, 6.45) is 8.25. The molecule has 176 valence electrons. The molecule has 0 radical (unpaired) electrons. The number of rotatable bonds is 6. The van der Waals surface area contributed by atoms with Crippen molar-refractivity contribution in [3.05, 3.63) is 79.4 Å². The molecule has 5 heterocycles. The van der Waals surface area contributed by atoms with E-state index < -0.39 is 0 Å². The molecule has 36 heavy (non-hydrogen) atoms. The second kappa shape index (κ2) is 9.07. The predicted octanol–water partition coefficient (Wildman–Crippen LogP) is 5.97. The van der Waals surface area contributed by atoms with E-state index in [1.165, 1.54) is 0 Å². The molecule has 6 rings (SSSR count). The van der Waals surface area contributed by atoms with E-state index in [9.17, 15) is 4.79 Å². The molecule has 0 aliphatic heterocycles. The molecule has 1 aromatic carbocycles. The van der Waals surface area contributed by atoms with Crippen LogP contribution in [0, 0.1) is 0 Å². The maximum Gasteiger partial charge on any atom is 0.224 e. The molecule has 8 nitrogen and oxygen atoms in total. The summed E-state index contributed by atoms with van der Waals surface area (Å²) in [4.78, 5) is 28.9. The minimum absolute atomic E-state index is 0.0260. The smallest absolute Gasteiger partial charge is 0.224 e. The van der Waals surface area contributed by atoms with Gasteiger partial charge in [0.15, 0.2) is 0 Å². The number of anilines is 1. The van der Waals surface area contributed by atoms with Gasteiger partial charge in [0.2, 0.25) is 5.91 Å². The summed E-state index contributed by atoms with van der Waals surface area (Å²) in [6, 6.07) is 18.1. The lowest BCUT2D eigenvalue weighted by atomic mass is 10.0. The molecule has 1 amide bonds. The van der Waals surface area contributed by atoms with E-state index in [0.29, 0.717) is 12.1 Å². The topological polar surface area (TPSA) is 112 Å². The molecule has 5 aromatic heterocycles. The lowest BCUT2D eigenvalue weighted by Crippen LogP contribution is -2.10. The van der Waals surface area contributed by atoms with Gasteiger partial charge in [-0.25, -0.2) is 4.98 Å². The molecule has 6 aromatic rings. The number of carbonyl (C=O) groups excluding carboxylic acids is 1. The van der Waals surface area contributed by atoms with Crippen LogP contribution in [0.15, 0.2) is 79.4 Å². The molecule has 8 heteroatoms. The normalized spacial score (nSPS) is 11.2. The van der Waals surface area contributed by atoms with Crippen LogP contribution < -0.4 is 5.32 Å². The number of nitrogens with one attached hydrogen (secondary N) is 3. The minimum atomic E-state index is -0.0260. The average Bonchev–Trinajstić information content (AvgIpc) is 3.53. The van der Waals surface area contributed by atoms with Crippen LogP contribution >= 0.6 is 0 Å². The Bertz CT molecular complexity index is 1700. The van der Waals surface area contributed by atoms with Crippen molar-refractivity contribution in [2.45, 2.75) is 19.8 Å². The molecule has 0 saturated heterocycles. The fourth-order valence-corrected chi connectivity index (χ4v) is 4.41. The SMILES string of the molecule is CCCC(=O)Nc1cncc(-c2ccc3[nH]nc(-c4cc5c(-c6ccncc6)cccc5[nH]4)c3n2)c1. The highest BCUT2D eigenvalue weighted by molar-refractivity contribution is 6.00. The molecule has 0 bridgehead atoms. The van der Waals surface area contributed by atoms with Gasteiger partial charge in [-0.05, 0) is 60.0 Å². The standard InChI is InChI=1S/C28H23N7O/c1-2-4-26(36)31-19-13-18(15-30-16-19)22-7-8-24-27(33-22)28(35-34-24)25-14-21-20(5-3-6-23(21)32-25)17-9-11-29-12-10-17/h3,5-16,32H,2,4H2,1H3,(H,31,36)(H,34,35). The lowest BCUT2D eigenvalue weighted by molar-refractivity contribution is -0.116. The molecule has 0 fully saturated rings. The van der Waals surface area contributed by atoms with Crippen LogP contribution in [0.4, 0.5) is 5.69 Å². The van der Waals surface area contributed by atoms with Crippen LogP contribution in [-0.4, -0.2) is 36.0 Å². The zero-order valence-electron chi connectivity index (χ0n) is 19.6. The summed E-state index contributed by atoms with van der Waals surface area (Å²) in [5, 5.41) is 11.7. The third kappa shape index (κ3) is 3.98. The Morgan fingerprint density at radius 1 is 0.944 bits per heavy atom. The van der Waals surface area contributed by atoms with E-state index in [4.69, 9.17) is 4.98 Å². The van der Waals surface area contributed by atoms with E-state index in [1.807, 2.05) is 43.3 Å². The number of aromatic amines is 2. The Kier molecular flexibility index (Phi) is 5.46. The third-order valence-electron chi connectivity index (χ3n) is 6.11. The van der Waals surface area contributed by atoms with Crippen LogP contribution in [0.5, 0.6) is 0 Å². The number of carbonyl (C=O) groups is 1. The molecule has 0 aliphatic rings. The maximum absolute atomic E-state index is 12.0. The largest absolute Gasteiger partial charge is 0.353 e. The van der Waals surface area contributed by atoms with Crippen molar-refractivity contribution in [3.63, 3.8) is 0 Å². The van der Waals surface area contributed by atoms with Gasteiger partial charge < -0.3 is 10.3 Å². The van der Waals surface area contributed by atoms with Crippen molar-refractivity contribution in [2.24, 2.45) is 0 Å². The van der Waals surface area contributed by atoms with Crippen molar-refractivity contribution < 1.29 is 4.79 Å². The maximum atomic E-state index is 12.0. The molecule has 3 N–H and O–H groups in total. The molecular weight excluding hydrogens is 450 g/mol. The van der Waals surface area contributed by atoms with Crippen LogP contribution in [0.1, 0.15) is 19.8 Å². The van der Waals surface area contributed by atoms with Gasteiger partial charge in [-0.3, -0.25) is 19.9 Å². The molecule has 0 aliphatic carbocycles. The lowest BCUT2D eigenvalue weighted by Gasteiger charge is -2.06. The van der Waals surface area contributed by atoms with E-state index in [-0.39, 0.29) is 5.91 Å². The Morgan fingerprint density at radius 3 is 2.69 bits per heavy atom. The van der Waals surface area contributed by atoms with Crippen LogP contribution in [0.2, 0.25) is 0 Å². The van der Waals surface area contributed by atoms with Gasteiger partial charge in [0.1, 0.15) is 11.2 Å². The second-order valence-electron chi connectivity index (χ2n) is 8.61. The number of nitrogens with zero attached hydrogens (tertiary/aromatic N) is 4. The van der Waals surface area contributed by atoms with Gasteiger partial charge in [-0.15, -0.1) is 0 Å². The number of hydrogen-bond acceptors (Lipinski definition) is 5. The summed E-state index contributed by atoms with van der Waals surface area (Å²) in [7, 11) is 0. The zero-order chi connectivity index (χ0) is 24.5. The molecular formula is C28H23N7O. The van der Waals surface area contributed by atoms with Gasteiger partial charge >= 0.3 is 0 Å². The summed E-state index contributed by atoms with van der Waals surface area (Å²) in [5.41, 5.74) is 8.67. The van der Waals surface area contributed by atoms with E-state index in [0.717, 1.165) is 62.1 Å². The quantitative estimate of drug-likeness (QED) is 0.276. The number of pyridine rings is 3. The first-order valence-corrected chi connectivity index (χ1v) is 11.8. The summed E-state index contributed by atoms with van der Waals surface area (Å²) in [5.74, 6) is -0.0260. The zero-order valence-corrected chi connectivity index (χ0v) is 19.6. The van der Waals surface area contributed by atoms with Gasteiger partial charge in [-0.1, -0.05) is 19.1 Å². The van der Waals surface area contributed by atoms with Crippen molar-refractivity contribution in [3.8, 4) is 33.8 Å². The van der Waals surface area contributed by atoms with Gasteiger partial charge in [0, 0.05) is 41.5 Å². The highest BCUT2D eigenvalue weighted by Crippen LogP contribution is 2.34. The Morgan fingerprint density at radius 2 is 1.83 bits per heavy atom. The fourth-order valence-electron chi connectivity index (χ4n) is 4.41. The number of fused-ring (bicyclic) bond motifs is 2. The van der Waals surface area contributed by atoms with Crippen LogP contribution in [0.3, 0.4) is 0 Å². The monoisotopic (exact) mass is 473 g/mol. The Balaban J connectivity index is 1.40. The molecule has 0 spiro atoms.